The smallest absolute Gasteiger partial charge is 0.259 e. The highest BCUT2D eigenvalue weighted by Crippen LogP contribution is 2.47. The van der Waals surface area contributed by atoms with Gasteiger partial charge in [0.15, 0.2) is 5.65 Å². The summed E-state index contributed by atoms with van der Waals surface area (Å²) < 4.78 is 35.4. The molecule has 0 aliphatic heterocycles. The maximum Gasteiger partial charge on any atom is 0.259 e. The van der Waals surface area contributed by atoms with Gasteiger partial charge in [-0.15, -0.1) is 0 Å². The summed E-state index contributed by atoms with van der Waals surface area (Å²) >= 11 is 0. The third-order valence-corrected chi connectivity index (χ3v) is 10.6. The van der Waals surface area contributed by atoms with Crippen LogP contribution in [0.2, 0.25) is 0 Å². The van der Waals surface area contributed by atoms with Crippen molar-refractivity contribution in [2.45, 2.75) is 65.0 Å². The second kappa shape index (κ2) is 17.7. The molecule has 0 saturated heterocycles. The van der Waals surface area contributed by atoms with Gasteiger partial charge in [-0.3, -0.25) is 0 Å². The van der Waals surface area contributed by atoms with Gasteiger partial charge in [-0.2, -0.15) is 0 Å². The molecule has 2 aromatic heterocycles. The maximum atomic E-state index is 7.38. The third kappa shape index (κ3) is 8.55. The Kier molecular flexibility index (Phi) is 13.1. The minimum absolute atomic E-state index is 0.192. The van der Waals surface area contributed by atoms with Gasteiger partial charge in [0.1, 0.15) is 47.5 Å². The van der Waals surface area contributed by atoms with Crippen molar-refractivity contribution in [1.82, 2.24) is 24.2 Å². The Hall–Kier alpha value is -4.43. The van der Waals surface area contributed by atoms with Gasteiger partial charge in [0.05, 0.1) is 27.0 Å². The number of hydrogen-bond acceptors (Lipinski definition) is 9. The van der Waals surface area contributed by atoms with Gasteiger partial charge in [0, 0.05) is 18.6 Å². The molecule has 0 aliphatic rings. The highest BCUT2D eigenvalue weighted by Gasteiger charge is 2.41. The van der Waals surface area contributed by atoms with Crippen LogP contribution < -0.4 is 9.47 Å². The Morgan fingerprint density at radius 1 is 0.804 bits per heavy atom. The van der Waals surface area contributed by atoms with E-state index in [1.54, 1.807) is 20.4 Å². The molecular formula is C39H47N6O5P. The third-order valence-electron chi connectivity index (χ3n) is 8.50. The molecule has 5 aromatic rings. The Bertz CT molecular complexity index is 1810. The van der Waals surface area contributed by atoms with Crippen LogP contribution in [-0.4, -0.2) is 70.3 Å². The first kappa shape index (κ1) is 37.8. The van der Waals surface area contributed by atoms with Crippen LogP contribution in [0.5, 0.6) is 11.5 Å². The Balaban J connectivity index is 1.56. The minimum Gasteiger partial charge on any atom is -0.497 e. The Morgan fingerprint density at radius 3 is 1.92 bits per heavy atom. The van der Waals surface area contributed by atoms with Crippen LogP contribution in [0.25, 0.3) is 16.0 Å². The fourth-order valence-electron chi connectivity index (χ4n) is 6.29. The SMILES string of the molecule is [C-]#[N+]CCOP(OCCn1c([C@@H](C)OC(c2ccccc2)(c2ccc(OC)cc2)c2ccc(OC)cc2)nc2cncnc21)N(C(C)C)C(C)C. The predicted octanol–water partition coefficient (Wildman–Crippen LogP) is 8.21. The highest BCUT2D eigenvalue weighted by atomic mass is 31.2. The van der Waals surface area contributed by atoms with E-state index in [1.807, 2.05) is 78.2 Å². The normalized spacial score (nSPS) is 13.1. The number of ether oxygens (including phenoxy) is 3. The summed E-state index contributed by atoms with van der Waals surface area (Å²) in [7, 11) is 1.90. The van der Waals surface area contributed by atoms with E-state index in [2.05, 4.69) is 59.3 Å². The van der Waals surface area contributed by atoms with Gasteiger partial charge in [0.2, 0.25) is 6.54 Å². The molecule has 3 aromatic carbocycles. The van der Waals surface area contributed by atoms with Crippen LogP contribution in [0, 0.1) is 6.57 Å². The van der Waals surface area contributed by atoms with Gasteiger partial charge >= 0.3 is 0 Å². The van der Waals surface area contributed by atoms with Gasteiger partial charge in [-0.25, -0.2) is 26.2 Å². The van der Waals surface area contributed by atoms with Gasteiger partial charge in [-0.05, 0) is 75.6 Å². The number of hydrogen-bond donors (Lipinski definition) is 0. The summed E-state index contributed by atoms with van der Waals surface area (Å²) in [6.07, 6.45) is 2.70. The van der Waals surface area contributed by atoms with Gasteiger partial charge in [0.25, 0.3) is 8.53 Å². The number of aromatic nitrogens is 4. The molecule has 5 rings (SSSR count). The van der Waals surface area contributed by atoms with Crippen molar-refractivity contribution in [2.24, 2.45) is 0 Å². The van der Waals surface area contributed by atoms with Crippen molar-refractivity contribution in [1.29, 1.82) is 0 Å². The number of methoxy groups -OCH3 is 2. The van der Waals surface area contributed by atoms with Crippen LogP contribution in [0.1, 0.15) is 63.2 Å². The van der Waals surface area contributed by atoms with Crippen molar-refractivity contribution < 1.29 is 23.3 Å². The lowest BCUT2D eigenvalue weighted by atomic mass is 9.79. The first-order valence-electron chi connectivity index (χ1n) is 17.1. The summed E-state index contributed by atoms with van der Waals surface area (Å²) in [5, 5.41) is 0. The highest BCUT2D eigenvalue weighted by molar-refractivity contribution is 7.44. The minimum atomic E-state index is -1.41. The van der Waals surface area contributed by atoms with Crippen LogP contribution in [0.15, 0.2) is 91.4 Å². The fraction of sp³-hybridized carbons (Fsp3) is 0.385. The van der Waals surface area contributed by atoms with E-state index in [0.29, 0.717) is 36.7 Å². The molecule has 1 unspecified atom stereocenters. The van der Waals surface area contributed by atoms with Crippen LogP contribution in [-0.2, 0) is 25.9 Å². The van der Waals surface area contributed by atoms with Crippen molar-refractivity contribution in [3.8, 4) is 11.5 Å². The monoisotopic (exact) mass is 710 g/mol. The summed E-state index contributed by atoms with van der Waals surface area (Å²) in [4.78, 5) is 17.4. The second-order valence-corrected chi connectivity index (χ2v) is 13.9. The van der Waals surface area contributed by atoms with Crippen molar-refractivity contribution in [2.75, 3.05) is 34.0 Å². The first-order valence-corrected chi connectivity index (χ1v) is 18.2. The zero-order valence-corrected chi connectivity index (χ0v) is 31.3. The van der Waals surface area contributed by atoms with Crippen molar-refractivity contribution in [3.05, 3.63) is 125 Å². The lowest BCUT2D eigenvalue weighted by Crippen LogP contribution is -2.35. The molecule has 0 spiro atoms. The number of rotatable bonds is 18. The molecule has 51 heavy (non-hydrogen) atoms. The molecule has 0 radical (unpaired) electrons. The summed E-state index contributed by atoms with van der Waals surface area (Å²) in [6.45, 7) is 19.1. The van der Waals surface area contributed by atoms with E-state index in [-0.39, 0.29) is 18.6 Å². The van der Waals surface area contributed by atoms with Crippen LogP contribution in [0.3, 0.4) is 0 Å². The fourth-order valence-corrected chi connectivity index (χ4v) is 7.86. The van der Waals surface area contributed by atoms with E-state index in [9.17, 15) is 0 Å². The molecule has 11 nitrogen and oxygen atoms in total. The summed E-state index contributed by atoms with van der Waals surface area (Å²) in [6, 6.07) is 26.5. The molecule has 12 heteroatoms. The van der Waals surface area contributed by atoms with Gasteiger partial charge < -0.3 is 32.7 Å². The van der Waals surface area contributed by atoms with Crippen LogP contribution >= 0.6 is 8.53 Å². The molecule has 0 fully saturated rings. The summed E-state index contributed by atoms with van der Waals surface area (Å²) in [5.74, 6) is 2.17. The molecule has 0 amide bonds. The van der Waals surface area contributed by atoms with Gasteiger partial charge in [-0.1, -0.05) is 54.6 Å². The molecule has 0 bridgehead atoms. The maximum absolute atomic E-state index is 7.38. The number of imidazole rings is 1. The average molecular weight is 711 g/mol. The largest absolute Gasteiger partial charge is 0.497 e. The second-order valence-electron chi connectivity index (χ2n) is 12.5. The quantitative estimate of drug-likeness (QED) is 0.0386. The number of fused-ring (bicyclic) bond motifs is 1. The van der Waals surface area contributed by atoms with E-state index >= 15 is 0 Å². The van der Waals surface area contributed by atoms with Crippen LogP contribution in [0.4, 0.5) is 0 Å². The first-order chi connectivity index (χ1) is 24.7. The Labute approximate surface area is 302 Å². The average Bonchev–Trinajstić information content (AvgIpc) is 3.52. The number of nitrogens with zero attached hydrogens (tertiary/aromatic N) is 6. The molecule has 268 valence electrons. The van der Waals surface area contributed by atoms with E-state index < -0.39 is 20.2 Å². The van der Waals surface area contributed by atoms with E-state index in [1.165, 1.54) is 6.33 Å². The standard InChI is InChI=1S/C39H47N6O5P/c1-28(2)45(29(3)4)51(48-24-22-40-6)49-25-23-44-37(43-36-26-41-27-42-38(36)44)30(5)50-39(31-12-10-9-11-13-31,32-14-18-34(46-7)19-15-32)33-16-20-35(47-8)21-17-33/h9-21,26-30H,22-25H2,1-5,7-8H3/t30-,51?/m1/s1. The molecule has 0 aliphatic carbocycles. The van der Waals surface area contributed by atoms with E-state index in [4.69, 9.17) is 34.8 Å². The zero-order chi connectivity index (χ0) is 36.4. The van der Waals surface area contributed by atoms with E-state index in [0.717, 1.165) is 28.2 Å². The number of benzene rings is 3. The lowest BCUT2D eigenvalue weighted by molar-refractivity contribution is -0.0456. The molecule has 2 atom stereocenters. The molecule has 2 heterocycles. The summed E-state index contributed by atoms with van der Waals surface area (Å²) in [5.41, 5.74) is 3.07. The Morgan fingerprint density at radius 2 is 1.37 bits per heavy atom. The zero-order valence-electron chi connectivity index (χ0n) is 30.4. The molecule has 0 N–H and O–H groups in total. The lowest BCUT2D eigenvalue weighted by Gasteiger charge is -2.38. The molecule has 0 saturated carbocycles. The van der Waals surface area contributed by atoms with Crippen molar-refractivity contribution in [3.63, 3.8) is 0 Å². The molecular weight excluding hydrogens is 663 g/mol. The topological polar surface area (TPSA) is 97.4 Å². The van der Waals surface area contributed by atoms with Crippen molar-refractivity contribution >= 4 is 19.7 Å². The predicted molar refractivity (Wildman–Crippen MR) is 200 cm³/mol.